The van der Waals surface area contributed by atoms with Crippen LogP contribution in [0.1, 0.15) is 5.56 Å². The highest BCUT2D eigenvalue weighted by atomic mass is 31.0. The molecule has 0 aliphatic rings. The lowest BCUT2D eigenvalue weighted by atomic mass is 10.3. The number of pyridine rings is 1. The van der Waals surface area contributed by atoms with Crippen LogP contribution < -0.4 is 0 Å². The molecule has 0 fully saturated rings. The number of aryl methyl sites for hydroxylation is 1. The molecule has 0 amide bonds. The highest BCUT2D eigenvalue weighted by Gasteiger charge is 1.93. The van der Waals surface area contributed by atoms with E-state index in [2.05, 4.69) is 23.0 Å². The molecule has 10 heavy (non-hydrogen) atoms. The molecule has 0 aliphatic carbocycles. The summed E-state index contributed by atoms with van der Waals surface area (Å²) in [4.78, 5) is 8.28. The lowest BCUT2D eigenvalue weighted by Gasteiger charge is -1.88. The van der Waals surface area contributed by atoms with Gasteiger partial charge in [0.25, 0.3) is 0 Å². The number of aromatic nitrogens is 2. The number of rotatable bonds is 0. The molecule has 1 unspecified atom stereocenters. The van der Waals surface area contributed by atoms with Crippen LogP contribution in [0.25, 0.3) is 10.8 Å². The van der Waals surface area contributed by atoms with Crippen molar-refractivity contribution < 1.29 is 0 Å². The van der Waals surface area contributed by atoms with Gasteiger partial charge in [0, 0.05) is 17.2 Å². The zero-order valence-corrected chi connectivity index (χ0v) is 6.63. The second-order valence-corrected chi connectivity index (χ2v) is 3.37. The fourth-order valence-corrected chi connectivity index (χ4v) is 1.83. The van der Waals surface area contributed by atoms with Crippen molar-refractivity contribution in [2.45, 2.75) is 6.92 Å². The van der Waals surface area contributed by atoms with Gasteiger partial charge in [-0.15, -0.1) is 8.19 Å². The summed E-state index contributed by atoms with van der Waals surface area (Å²) in [6.07, 6.45) is 1.85. The average molecular weight is 150 g/mol. The first kappa shape index (κ1) is 5.87. The second kappa shape index (κ2) is 2.06. The topological polar surface area (TPSA) is 25.8 Å². The van der Waals surface area contributed by atoms with E-state index in [-0.39, 0.29) is 0 Å². The highest BCUT2D eigenvalue weighted by molar-refractivity contribution is 7.36. The Kier molecular flexibility index (Phi) is 1.21. The van der Waals surface area contributed by atoms with Crippen molar-refractivity contribution in [3.8, 4) is 0 Å². The normalized spacial score (nSPS) is 11.3. The molecule has 2 aromatic rings. The predicted octanol–water partition coefficient (Wildman–Crippen LogP) is 1.97. The molecule has 0 saturated carbocycles. The molecular weight excluding hydrogens is 143 g/mol. The van der Waals surface area contributed by atoms with Crippen LogP contribution in [0.5, 0.6) is 0 Å². The van der Waals surface area contributed by atoms with Crippen molar-refractivity contribution >= 4 is 19.0 Å². The molecule has 50 valence electrons. The average Bonchev–Trinajstić information content (AvgIpc) is 2.33. The Hall–Kier alpha value is -0.880. The molecule has 2 aromatic heterocycles. The summed E-state index contributed by atoms with van der Waals surface area (Å²) in [5.41, 5.74) is 2.13. The van der Waals surface area contributed by atoms with Gasteiger partial charge in [0.05, 0.1) is 0 Å². The van der Waals surface area contributed by atoms with Crippen molar-refractivity contribution in [1.82, 2.24) is 9.97 Å². The summed E-state index contributed by atoms with van der Waals surface area (Å²) in [5.74, 6) is 1.93. The molecule has 2 heterocycles. The second-order valence-electron chi connectivity index (χ2n) is 2.29. The van der Waals surface area contributed by atoms with Gasteiger partial charge in [-0.05, 0) is 18.6 Å². The lowest BCUT2D eigenvalue weighted by molar-refractivity contribution is 1.29. The molecule has 0 aliphatic heterocycles. The number of fused-ring (bicyclic) bond motifs is 1. The fourth-order valence-electron chi connectivity index (χ4n) is 0.934. The monoisotopic (exact) mass is 150 g/mol. The van der Waals surface area contributed by atoms with Crippen LogP contribution in [0, 0.1) is 6.92 Å². The minimum atomic E-state index is 0.722. The Morgan fingerprint density at radius 2 is 2.30 bits per heavy atom. The molecule has 1 atom stereocenters. The van der Waals surface area contributed by atoms with Gasteiger partial charge in [-0.3, -0.25) is 0 Å². The third-order valence-electron chi connectivity index (χ3n) is 1.41. The Balaban J connectivity index is 2.86. The van der Waals surface area contributed by atoms with Gasteiger partial charge in [0.2, 0.25) is 0 Å². The van der Waals surface area contributed by atoms with Gasteiger partial charge in [-0.25, -0.2) is 9.97 Å². The molecule has 0 N–H and O–H groups in total. The summed E-state index contributed by atoms with van der Waals surface area (Å²) in [6.45, 7) is 2.05. The number of nitrogens with zero attached hydrogens (tertiary/aromatic N) is 2. The van der Waals surface area contributed by atoms with E-state index in [1.807, 2.05) is 12.1 Å². The summed E-state index contributed by atoms with van der Waals surface area (Å²) < 4.78 is 0. The van der Waals surface area contributed by atoms with E-state index >= 15 is 0 Å². The first-order valence-corrected chi connectivity index (χ1v) is 4.20. The Morgan fingerprint density at radius 3 is 3.20 bits per heavy atom. The van der Waals surface area contributed by atoms with Crippen LogP contribution in [-0.4, -0.2) is 9.97 Å². The molecule has 0 spiro atoms. The van der Waals surface area contributed by atoms with Gasteiger partial charge >= 0.3 is 0 Å². The van der Waals surface area contributed by atoms with Crippen molar-refractivity contribution in [1.29, 1.82) is 0 Å². The van der Waals surface area contributed by atoms with Crippen LogP contribution >= 0.6 is 8.19 Å². The van der Waals surface area contributed by atoms with Crippen molar-refractivity contribution in [3.63, 3.8) is 0 Å². The van der Waals surface area contributed by atoms with Crippen LogP contribution in [0.2, 0.25) is 0 Å². The van der Waals surface area contributed by atoms with E-state index in [0.717, 1.165) is 13.8 Å². The fraction of sp³-hybridized carbons (Fsp3) is 0.143. The molecule has 0 bridgehead atoms. The van der Waals surface area contributed by atoms with Gasteiger partial charge < -0.3 is 0 Å². The van der Waals surface area contributed by atoms with Crippen molar-refractivity contribution in [2.75, 3.05) is 0 Å². The third-order valence-corrected chi connectivity index (χ3v) is 2.35. The largest absolute Gasteiger partial charge is 0.236 e. The first-order valence-electron chi connectivity index (χ1n) is 3.12. The van der Waals surface area contributed by atoms with Crippen molar-refractivity contribution in [2.24, 2.45) is 0 Å². The quantitative estimate of drug-likeness (QED) is 0.573. The molecular formula is C7H7N2P. The first-order chi connectivity index (χ1) is 4.86. The number of hydrogen-bond donors (Lipinski definition) is 0. The van der Waals surface area contributed by atoms with Gasteiger partial charge in [0.15, 0.2) is 5.65 Å². The van der Waals surface area contributed by atoms with E-state index in [1.54, 1.807) is 0 Å². The summed E-state index contributed by atoms with van der Waals surface area (Å²) in [6, 6.07) is 2.15. The Bertz CT molecular complexity index is 353. The molecule has 0 saturated heterocycles. The van der Waals surface area contributed by atoms with Gasteiger partial charge in [0.1, 0.15) is 0 Å². The summed E-state index contributed by atoms with van der Waals surface area (Å²) >= 11 is 0. The molecule has 3 heteroatoms. The van der Waals surface area contributed by atoms with E-state index in [4.69, 9.17) is 0 Å². The molecule has 0 radical (unpaired) electrons. The lowest BCUT2D eigenvalue weighted by Crippen LogP contribution is -1.76. The smallest absolute Gasteiger partial charge is 0.163 e. The Morgan fingerprint density at radius 1 is 1.40 bits per heavy atom. The zero-order chi connectivity index (χ0) is 6.97. The molecule has 2 nitrogen and oxygen atoms in total. The molecule has 2 rings (SSSR count). The minimum Gasteiger partial charge on any atom is -0.236 e. The Labute approximate surface area is 60.4 Å². The summed E-state index contributed by atoms with van der Waals surface area (Å²) in [7, 11) is 0.722. The van der Waals surface area contributed by atoms with E-state index in [1.165, 1.54) is 10.7 Å². The van der Waals surface area contributed by atoms with Crippen LogP contribution in [0.3, 0.4) is 0 Å². The standard InChI is InChI=1S/C7H7N2P/c1-5-2-6-7(8-3-5)9-4-10-6/h2-4,10H,1H3. The maximum absolute atomic E-state index is 4.17. The third kappa shape index (κ3) is 0.812. The number of hydrogen-bond acceptors (Lipinski definition) is 2. The zero-order valence-electron chi connectivity index (χ0n) is 5.63. The van der Waals surface area contributed by atoms with Gasteiger partial charge in [-0.2, -0.15) is 0 Å². The van der Waals surface area contributed by atoms with E-state index < -0.39 is 0 Å². The van der Waals surface area contributed by atoms with Crippen LogP contribution in [0.15, 0.2) is 18.2 Å². The maximum atomic E-state index is 4.17. The SMILES string of the molecule is Cc1cnc2nc[pH]c2c1. The van der Waals surface area contributed by atoms with Gasteiger partial charge in [-0.1, -0.05) is 0 Å². The van der Waals surface area contributed by atoms with E-state index in [0.29, 0.717) is 0 Å². The van der Waals surface area contributed by atoms with Crippen molar-refractivity contribution in [3.05, 3.63) is 23.8 Å². The minimum absolute atomic E-state index is 0.722. The van der Waals surface area contributed by atoms with Crippen LogP contribution in [-0.2, 0) is 0 Å². The summed E-state index contributed by atoms with van der Waals surface area (Å²) in [5, 5.41) is 1.28. The van der Waals surface area contributed by atoms with Crippen LogP contribution in [0.4, 0.5) is 0 Å². The maximum Gasteiger partial charge on any atom is 0.163 e. The van der Waals surface area contributed by atoms with E-state index in [9.17, 15) is 0 Å². The highest BCUT2D eigenvalue weighted by Crippen LogP contribution is 2.20. The predicted molar refractivity (Wildman–Crippen MR) is 43.8 cm³/mol. The molecule has 0 aromatic carbocycles.